The van der Waals surface area contributed by atoms with Crippen molar-refractivity contribution in [1.29, 1.82) is 0 Å². The van der Waals surface area contributed by atoms with E-state index in [-0.39, 0.29) is 11.4 Å². The monoisotopic (exact) mass is 265 g/mol. The molecule has 0 aliphatic heterocycles. The quantitative estimate of drug-likeness (QED) is 0.843. The van der Waals surface area contributed by atoms with Crippen LogP contribution in [0.15, 0.2) is 15.0 Å². The lowest BCUT2D eigenvalue weighted by Gasteiger charge is -2.05. The van der Waals surface area contributed by atoms with Crippen LogP contribution in [0.1, 0.15) is 30.0 Å². The van der Waals surface area contributed by atoms with Gasteiger partial charge in [0.05, 0.1) is 11.3 Å². The first kappa shape index (κ1) is 11.2. The van der Waals surface area contributed by atoms with Gasteiger partial charge in [-0.1, -0.05) is 0 Å². The Morgan fingerprint density at radius 1 is 1.50 bits per heavy atom. The van der Waals surface area contributed by atoms with Crippen molar-refractivity contribution in [3.63, 3.8) is 0 Å². The average Bonchev–Trinajstić information content (AvgIpc) is 3.07. The molecule has 0 bridgehead atoms. The van der Waals surface area contributed by atoms with Gasteiger partial charge in [0.25, 0.3) is 5.56 Å². The van der Waals surface area contributed by atoms with Crippen LogP contribution < -0.4 is 11.2 Å². The van der Waals surface area contributed by atoms with Crippen LogP contribution in [0.2, 0.25) is 0 Å². The SMILES string of the molecule is Cc1c(O)n(-c2nc(C3CC3)cs2)c(=O)[nH]c1=O. The molecular weight excluding hydrogens is 254 g/mol. The number of thiazole rings is 1. The zero-order valence-corrected chi connectivity index (χ0v) is 10.5. The molecule has 2 N–H and O–H groups in total. The van der Waals surface area contributed by atoms with Crippen LogP contribution in [0.25, 0.3) is 5.13 Å². The van der Waals surface area contributed by atoms with E-state index >= 15 is 0 Å². The Morgan fingerprint density at radius 2 is 2.22 bits per heavy atom. The Labute approximate surface area is 106 Å². The van der Waals surface area contributed by atoms with Gasteiger partial charge in [0.1, 0.15) is 0 Å². The third-order valence-electron chi connectivity index (χ3n) is 3.01. The number of H-pyrrole nitrogens is 1. The van der Waals surface area contributed by atoms with E-state index in [0.29, 0.717) is 11.0 Å². The van der Waals surface area contributed by atoms with Crippen molar-refractivity contribution in [1.82, 2.24) is 14.5 Å². The first-order valence-corrected chi connectivity index (χ1v) is 6.46. The lowest BCUT2D eigenvalue weighted by atomic mass is 10.3. The van der Waals surface area contributed by atoms with Crippen molar-refractivity contribution in [3.05, 3.63) is 37.5 Å². The fourth-order valence-electron chi connectivity index (χ4n) is 1.74. The van der Waals surface area contributed by atoms with Gasteiger partial charge in [-0.2, -0.15) is 0 Å². The molecule has 94 valence electrons. The van der Waals surface area contributed by atoms with Gasteiger partial charge in [-0.05, 0) is 19.8 Å². The summed E-state index contributed by atoms with van der Waals surface area (Å²) in [5, 5.41) is 12.2. The molecule has 3 rings (SSSR count). The Balaban J connectivity index is 2.18. The summed E-state index contributed by atoms with van der Waals surface area (Å²) in [6.07, 6.45) is 2.24. The number of aromatic amines is 1. The van der Waals surface area contributed by atoms with Gasteiger partial charge in [0.15, 0.2) is 0 Å². The summed E-state index contributed by atoms with van der Waals surface area (Å²) in [5.74, 6) is 0.136. The molecule has 6 nitrogen and oxygen atoms in total. The largest absolute Gasteiger partial charge is 0.494 e. The van der Waals surface area contributed by atoms with Crippen molar-refractivity contribution < 1.29 is 5.11 Å². The average molecular weight is 265 g/mol. The van der Waals surface area contributed by atoms with Crippen molar-refractivity contribution >= 4 is 11.3 Å². The number of rotatable bonds is 2. The van der Waals surface area contributed by atoms with E-state index in [1.165, 1.54) is 18.3 Å². The second-order valence-corrected chi connectivity index (χ2v) is 5.21. The van der Waals surface area contributed by atoms with E-state index in [0.717, 1.165) is 23.1 Å². The van der Waals surface area contributed by atoms with Crippen LogP contribution in [-0.2, 0) is 0 Å². The first-order chi connectivity index (χ1) is 8.58. The van der Waals surface area contributed by atoms with Crippen molar-refractivity contribution in [2.45, 2.75) is 25.7 Å². The maximum Gasteiger partial charge on any atom is 0.337 e. The van der Waals surface area contributed by atoms with Gasteiger partial charge >= 0.3 is 5.69 Å². The Kier molecular flexibility index (Phi) is 2.37. The molecule has 2 aromatic rings. The maximum atomic E-state index is 11.7. The van der Waals surface area contributed by atoms with Gasteiger partial charge in [0, 0.05) is 11.3 Å². The third-order valence-corrected chi connectivity index (χ3v) is 3.85. The standard InChI is InChI=1S/C11H11N3O3S/c1-5-8(15)13-10(17)14(9(5)16)11-12-7(4-18-11)6-2-3-6/h4,6,16H,2-3H2,1H3,(H,13,15,17). The Morgan fingerprint density at radius 3 is 2.89 bits per heavy atom. The Bertz CT molecular complexity index is 724. The van der Waals surface area contributed by atoms with Crippen molar-refractivity contribution in [2.75, 3.05) is 0 Å². The number of hydrogen-bond acceptors (Lipinski definition) is 5. The van der Waals surface area contributed by atoms with E-state index in [1.54, 1.807) is 0 Å². The van der Waals surface area contributed by atoms with Crippen LogP contribution in [-0.4, -0.2) is 19.6 Å². The molecule has 1 aliphatic rings. The molecule has 0 saturated heterocycles. The Hall–Kier alpha value is -1.89. The second-order valence-electron chi connectivity index (χ2n) is 4.37. The van der Waals surface area contributed by atoms with Crippen LogP contribution in [0.3, 0.4) is 0 Å². The summed E-state index contributed by atoms with van der Waals surface area (Å²) in [7, 11) is 0. The number of aromatic hydroxyl groups is 1. The van der Waals surface area contributed by atoms with Crippen LogP contribution in [0.4, 0.5) is 0 Å². The van der Waals surface area contributed by atoms with E-state index < -0.39 is 11.2 Å². The normalized spacial score (nSPS) is 14.9. The fourth-order valence-corrected chi connectivity index (χ4v) is 2.64. The molecule has 0 aromatic carbocycles. The predicted octanol–water partition coefficient (Wildman–Crippen LogP) is 0.874. The highest BCUT2D eigenvalue weighted by Crippen LogP contribution is 2.40. The van der Waals surface area contributed by atoms with E-state index in [4.69, 9.17) is 0 Å². The molecule has 7 heteroatoms. The maximum absolute atomic E-state index is 11.7. The molecule has 0 atom stereocenters. The number of hydrogen-bond donors (Lipinski definition) is 2. The number of aromatic nitrogens is 3. The van der Waals surface area contributed by atoms with Crippen LogP contribution in [0.5, 0.6) is 5.88 Å². The summed E-state index contributed by atoms with van der Waals surface area (Å²) in [6.45, 7) is 1.46. The fraction of sp³-hybridized carbons (Fsp3) is 0.364. The lowest BCUT2D eigenvalue weighted by Crippen LogP contribution is -2.30. The van der Waals surface area contributed by atoms with Crippen molar-refractivity contribution in [3.8, 4) is 11.0 Å². The number of nitrogens with zero attached hydrogens (tertiary/aromatic N) is 2. The van der Waals surface area contributed by atoms with Gasteiger partial charge in [-0.3, -0.25) is 9.78 Å². The van der Waals surface area contributed by atoms with Gasteiger partial charge in [0.2, 0.25) is 11.0 Å². The smallest absolute Gasteiger partial charge is 0.337 e. The van der Waals surface area contributed by atoms with Crippen LogP contribution in [0, 0.1) is 6.92 Å². The molecule has 1 saturated carbocycles. The molecule has 0 spiro atoms. The molecule has 0 radical (unpaired) electrons. The summed E-state index contributed by atoms with van der Waals surface area (Å²) >= 11 is 1.28. The van der Waals surface area contributed by atoms with Crippen LogP contribution >= 0.6 is 11.3 Å². The highest BCUT2D eigenvalue weighted by molar-refractivity contribution is 7.12. The first-order valence-electron chi connectivity index (χ1n) is 5.58. The molecule has 0 unspecified atom stereocenters. The molecule has 2 aromatic heterocycles. The lowest BCUT2D eigenvalue weighted by molar-refractivity contribution is 0.426. The molecule has 1 fully saturated rings. The van der Waals surface area contributed by atoms with Gasteiger partial charge in [-0.25, -0.2) is 14.3 Å². The zero-order valence-electron chi connectivity index (χ0n) is 9.64. The molecule has 0 amide bonds. The third kappa shape index (κ3) is 1.67. The van der Waals surface area contributed by atoms with Gasteiger partial charge < -0.3 is 5.11 Å². The highest BCUT2D eigenvalue weighted by atomic mass is 32.1. The summed E-state index contributed by atoms with van der Waals surface area (Å²) in [6, 6.07) is 0. The number of nitrogens with one attached hydrogen (secondary N) is 1. The second kappa shape index (κ2) is 3.81. The predicted molar refractivity (Wildman–Crippen MR) is 66.7 cm³/mol. The molecule has 2 heterocycles. The minimum Gasteiger partial charge on any atom is -0.494 e. The van der Waals surface area contributed by atoms with E-state index in [2.05, 4.69) is 9.97 Å². The molecule has 1 aliphatic carbocycles. The minimum absolute atomic E-state index is 0.109. The van der Waals surface area contributed by atoms with Crippen molar-refractivity contribution in [2.24, 2.45) is 0 Å². The highest BCUT2D eigenvalue weighted by Gasteiger charge is 2.27. The molecular formula is C11H11N3O3S. The molecule has 18 heavy (non-hydrogen) atoms. The minimum atomic E-state index is -0.667. The topological polar surface area (TPSA) is 88.0 Å². The summed E-state index contributed by atoms with van der Waals surface area (Å²) in [5.41, 5.74) is -0.185. The van der Waals surface area contributed by atoms with E-state index in [1.807, 2.05) is 5.38 Å². The summed E-state index contributed by atoms with van der Waals surface area (Å²) in [4.78, 5) is 29.5. The zero-order chi connectivity index (χ0) is 12.9. The van der Waals surface area contributed by atoms with Gasteiger partial charge in [-0.15, -0.1) is 11.3 Å². The van der Waals surface area contributed by atoms with E-state index in [9.17, 15) is 14.7 Å². The summed E-state index contributed by atoms with van der Waals surface area (Å²) < 4.78 is 1.03.